The first-order chi connectivity index (χ1) is 19.8. The fourth-order valence-corrected chi connectivity index (χ4v) is 6.26. The average molecular weight is 512 g/mol. The van der Waals surface area contributed by atoms with Gasteiger partial charge < -0.3 is 9.47 Å². The predicted octanol–water partition coefficient (Wildman–Crippen LogP) is 7.72. The molecule has 0 saturated heterocycles. The van der Waals surface area contributed by atoms with E-state index in [0.29, 0.717) is 0 Å². The summed E-state index contributed by atoms with van der Waals surface area (Å²) in [6, 6.07) is 46.9. The smallest absolute Gasteiger partial charge is 0.260 e. The Morgan fingerprint density at radius 1 is 0.450 bits per heavy atom. The molecule has 0 unspecified atom stereocenters. The van der Waals surface area contributed by atoms with E-state index in [0.717, 1.165) is 56.1 Å². The molecule has 0 aromatic heterocycles. The molecule has 8 rings (SSSR count). The van der Waals surface area contributed by atoms with Gasteiger partial charge in [-0.15, -0.1) is 0 Å². The van der Waals surface area contributed by atoms with Crippen molar-refractivity contribution in [1.29, 1.82) is 0 Å². The van der Waals surface area contributed by atoms with Crippen LogP contribution in [-0.2, 0) is 0 Å². The predicted molar refractivity (Wildman–Crippen MR) is 165 cm³/mol. The van der Waals surface area contributed by atoms with Crippen LogP contribution in [0.25, 0.3) is 33.4 Å². The highest BCUT2D eigenvalue weighted by atomic mass is 16.5. The number of fused-ring (bicyclic) bond motifs is 4. The van der Waals surface area contributed by atoms with E-state index in [9.17, 15) is 0 Å². The Hall–Kier alpha value is -5.02. The molecule has 2 aliphatic rings. The van der Waals surface area contributed by atoms with E-state index in [-0.39, 0.29) is 6.71 Å². The van der Waals surface area contributed by atoms with Crippen LogP contribution >= 0.6 is 0 Å². The Morgan fingerprint density at radius 2 is 1.15 bits per heavy atom. The third kappa shape index (κ3) is 3.51. The van der Waals surface area contributed by atoms with Gasteiger partial charge in [0.15, 0.2) is 0 Å². The van der Waals surface area contributed by atoms with Crippen molar-refractivity contribution < 1.29 is 9.47 Å². The highest BCUT2D eigenvalue weighted by Gasteiger charge is 2.42. The molecule has 2 heterocycles. The minimum absolute atomic E-state index is 0.0196. The summed E-state index contributed by atoms with van der Waals surface area (Å²) >= 11 is 0. The van der Waals surface area contributed by atoms with Gasteiger partial charge in [-0.05, 0) is 63.9 Å². The van der Waals surface area contributed by atoms with E-state index in [1.807, 2.05) is 0 Å². The third-order valence-electron chi connectivity index (χ3n) is 8.17. The lowest BCUT2D eigenvalue weighted by Gasteiger charge is -2.35. The van der Waals surface area contributed by atoms with Crippen molar-refractivity contribution in [1.82, 2.24) is 0 Å². The van der Waals surface area contributed by atoms with Crippen LogP contribution < -0.4 is 25.9 Å². The van der Waals surface area contributed by atoms with Crippen molar-refractivity contribution in [2.45, 2.75) is 6.92 Å². The first-order valence-electron chi connectivity index (χ1n) is 13.7. The summed E-state index contributed by atoms with van der Waals surface area (Å²) in [5, 5.41) is 0. The zero-order valence-electron chi connectivity index (χ0n) is 22.1. The second-order valence-corrected chi connectivity index (χ2v) is 10.5. The minimum atomic E-state index is -0.0196. The zero-order chi connectivity index (χ0) is 26.6. The summed E-state index contributed by atoms with van der Waals surface area (Å²) in [5.41, 5.74) is 11.5. The van der Waals surface area contributed by atoms with Crippen LogP contribution in [0.1, 0.15) is 5.56 Å². The molecule has 0 radical (unpaired) electrons. The normalized spacial score (nSPS) is 12.5. The van der Waals surface area contributed by atoms with Crippen molar-refractivity contribution in [3.8, 4) is 56.4 Å². The summed E-state index contributed by atoms with van der Waals surface area (Å²) in [6.07, 6.45) is 0. The van der Waals surface area contributed by atoms with Gasteiger partial charge in [0, 0.05) is 16.6 Å². The van der Waals surface area contributed by atoms with Crippen molar-refractivity contribution >= 4 is 23.1 Å². The molecule has 2 nitrogen and oxygen atoms in total. The van der Waals surface area contributed by atoms with Gasteiger partial charge in [0.1, 0.15) is 23.0 Å². The largest absolute Gasteiger partial charge is 0.458 e. The van der Waals surface area contributed by atoms with Gasteiger partial charge in [0.2, 0.25) is 0 Å². The summed E-state index contributed by atoms with van der Waals surface area (Å²) in [6.45, 7) is 2.14. The number of para-hydroxylation sites is 1. The summed E-state index contributed by atoms with van der Waals surface area (Å²) in [4.78, 5) is 0. The highest BCUT2D eigenvalue weighted by molar-refractivity contribution is 6.98. The van der Waals surface area contributed by atoms with Gasteiger partial charge in [-0.3, -0.25) is 0 Å². The van der Waals surface area contributed by atoms with Crippen molar-refractivity contribution in [2.24, 2.45) is 0 Å². The Kier molecular flexibility index (Phi) is 5.18. The van der Waals surface area contributed by atoms with E-state index in [1.165, 1.54) is 22.3 Å². The number of hydrogen-bond donors (Lipinski definition) is 0. The molecule has 40 heavy (non-hydrogen) atoms. The first kappa shape index (κ1) is 22.9. The highest BCUT2D eigenvalue weighted by Crippen LogP contribution is 2.44. The molecule has 0 atom stereocenters. The van der Waals surface area contributed by atoms with E-state index in [1.54, 1.807) is 0 Å². The Bertz CT molecular complexity index is 1910. The fraction of sp³-hybridized carbons (Fsp3) is 0.0270. The molecule has 0 spiro atoms. The van der Waals surface area contributed by atoms with Crippen molar-refractivity contribution in [2.75, 3.05) is 0 Å². The molecular formula is C37H25BO2. The molecular weight excluding hydrogens is 487 g/mol. The van der Waals surface area contributed by atoms with E-state index < -0.39 is 0 Å². The molecule has 6 aromatic rings. The molecule has 0 amide bonds. The Balaban J connectivity index is 1.42. The second-order valence-electron chi connectivity index (χ2n) is 10.5. The lowest BCUT2D eigenvalue weighted by atomic mass is 9.34. The molecule has 3 heteroatoms. The van der Waals surface area contributed by atoms with Crippen molar-refractivity contribution in [3.05, 3.63) is 139 Å². The van der Waals surface area contributed by atoms with Gasteiger partial charge in [-0.25, -0.2) is 0 Å². The third-order valence-corrected chi connectivity index (χ3v) is 8.17. The van der Waals surface area contributed by atoms with Crippen LogP contribution in [0, 0.1) is 6.92 Å². The first-order valence-corrected chi connectivity index (χ1v) is 13.7. The monoisotopic (exact) mass is 512 g/mol. The van der Waals surface area contributed by atoms with Crippen LogP contribution in [-0.4, -0.2) is 6.71 Å². The maximum atomic E-state index is 7.00. The van der Waals surface area contributed by atoms with Crippen LogP contribution in [0.3, 0.4) is 0 Å². The molecule has 0 N–H and O–H groups in total. The number of benzene rings is 6. The number of ether oxygens (including phenoxy) is 2. The molecule has 2 aliphatic heterocycles. The summed E-state index contributed by atoms with van der Waals surface area (Å²) < 4.78 is 13.6. The standard InChI is InChI=1S/C37H25BO2/c1-24-11-8-9-16-28(24)30-20-22-34-35-37(30)40-36-29(26-14-6-3-7-15-26)17-10-18-31(36)38(35)32-23-27(19-21-33(32)39-34)25-12-4-2-5-13-25/h2-23H,1H3. The molecule has 0 aliphatic carbocycles. The van der Waals surface area contributed by atoms with Crippen LogP contribution in [0.15, 0.2) is 133 Å². The van der Waals surface area contributed by atoms with Gasteiger partial charge in [0.25, 0.3) is 6.71 Å². The topological polar surface area (TPSA) is 18.5 Å². The molecule has 6 aromatic carbocycles. The van der Waals surface area contributed by atoms with Crippen LogP contribution in [0.4, 0.5) is 0 Å². The van der Waals surface area contributed by atoms with Gasteiger partial charge in [0.05, 0.1) is 0 Å². The average Bonchev–Trinajstić information content (AvgIpc) is 3.02. The molecule has 0 saturated carbocycles. The number of aryl methyl sites for hydroxylation is 1. The fourth-order valence-electron chi connectivity index (χ4n) is 6.26. The second kappa shape index (κ2) is 9.03. The number of hydrogen-bond acceptors (Lipinski definition) is 2. The molecule has 188 valence electrons. The van der Waals surface area contributed by atoms with Gasteiger partial charge in [-0.2, -0.15) is 0 Å². The quantitative estimate of drug-likeness (QED) is 0.226. The maximum absolute atomic E-state index is 7.00. The van der Waals surface area contributed by atoms with E-state index in [4.69, 9.17) is 9.47 Å². The van der Waals surface area contributed by atoms with Gasteiger partial charge >= 0.3 is 0 Å². The SMILES string of the molecule is Cc1ccccc1-c1ccc2c3c1Oc1c(cccc1-c1ccccc1)B3c1cc(-c3ccccc3)ccc1O2. The lowest BCUT2D eigenvalue weighted by molar-refractivity contribution is 0.466. The molecule has 0 bridgehead atoms. The summed E-state index contributed by atoms with van der Waals surface area (Å²) in [7, 11) is 0. The van der Waals surface area contributed by atoms with E-state index in [2.05, 4.69) is 140 Å². The van der Waals surface area contributed by atoms with Crippen LogP contribution in [0.2, 0.25) is 0 Å². The lowest BCUT2D eigenvalue weighted by Crippen LogP contribution is -2.57. The van der Waals surface area contributed by atoms with E-state index >= 15 is 0 Å². The van der Waals surface area contributed by atoms with Crippen LogP contribution in [0.5, 0.6) is 23.0 Å². The maximum Gasteiger partial charge on any atom is 0.260 e. The minimum Gasteiger partial charge on any atom is -0.458 e. The molecule has 0 fully saturated rings. The Labute approximate surface area is 234 Å². The number of rotatable bonds is 3. The van der Waals surface area contributed by atoms with Gasteiger partial charge in [-0.1, -0.05) is 115 Å². The zero-order valence-corrected chi connectivity index (χ0v) is 22.1. The van der Waals surface area contributed by atoms with Crippen molar-refractivity contribution in [3.63, 3.8) is 0 Å². The Morgan fingerprint density at radius 3 is 1.95 bits per heavy atom. The summed E-state index contributed by atoms with van der Waals surface area (Å²) in [5.74, 6) is 3.54.